The molecule has 8 heteroatoms. The van der Waals surface area contributed by atoms with Gasteiger partial charge in [-0.3, -0.25) is 4.79 Å². The van der Waals surface area contributed by atoms with Crippen molar-refractivity contribution in [2.75, 3.05) is 52.9 Å². The van der Waals surface area contributed by atoms with Crippen LogP contribution in [0.2, 0.25) is 0 Å². The summed E-state index contributed by atoms with van der Waals surface area (Å²) in [6.07, 6.45) is -0.331. The van der Waals surface area contributed by atoms with E-state index in [-0.39, 0.29) is 5.91 Å². The molecule has 0 saturated heterocycles. The Balaban J connectivity index is 1.45. The van der Waals surface area contributed by atoms with E-state index >= 15 is 0 Å². The average molecular weight is 523 g/mol. The molecule has 4 rings (SSSR count). The van der Waals surface area contributed by atoms with Gasteiger partial charge >= 0.3 is 0 Å². The zero-order chi connectivity index (χ0) is 26.4. The molecule has 1 amide bonds. The highest BCUT2D eigenvalue weighted by atomic mass is 32.2. The highest BCUT2D eigenvalue weighted by molar-refractivity contribution is 7.99. The number of rotatable bonds is 10. The van der Waals surface area contributed by atoms with E-state index < -0.39 is 11.4 Å². The van der Waals surface area contributed by atoms with E-state index in [2.05, 4.69) is 4.90 Å². The van der Waals surface area contributed by atoms with Crippen LogP contribution < -0.4 is 19.1 Å². The molecule has 2 unspecified atom stereocenters. The van der Waals surface area contributed by atoms with Gasteiger partial charge in [0, 0.05) is 24.5 Å². The first kappa shape index (κ1) is 26.9. The fourth-order valence-corrected chi connectivity index (χ4v) is 5.67. The molecule has 2 atom stereocenters. The van der Waals surface area contributed by atoms with Crippen LogP contribution in [0, 0.1) is 0 Å². The minimum atomic E-state index is -1.16. The van der Waals surface area contributed by atoms with Gasteiger partial charge in [0.05, 0.1) is 32.3 Å². The van der Waals surface area contributed by atoms with Crippen LogP contribution in [0.4, 0.5) is 5.69 Å². The lowest BCUT2D eigenvalue weighted by Gasteiger charge is -2.27. The maximum absolute atomic E-state index is 13.5. The number of amides is 1. The van der Waals surface area contributed by atoms with E-state index in [1.54, 1.807) is 26.2 Å². The zero-order valence-corrected chi connectivity index (χ0v) is 22.5. The number of aliphatic hydroxyl groups is 1. The number of anilines is 1. The monoisotopic (exact) mass is 522 g/mol. The highest BCUT2D eigenvalue weighted by Gasteiger charge is 2.37. The van der Waals surface area contributed by atoms with Crippen molar-refractivity contribution < 1.29 is 24.1 Å². The first-order valence-corrected chi connectivity index (χ1v) is 13.1. The third-order valence-electron chi connectivity index (χ3n) is 6.60. The second kappa shape index (κ2) is 12.4. The van der Waals surface area contributed by atoms with Crippen molar-refractivity contribution in [2.24, 2.45) is 0 Å². The summed E-state index contributed by atoms with van der Waals surface area (Å²) in [7, 11) is 6.92. The van der Waals surface area contributed by atoms with E-state index in [1.807, 2.05) is 73.8 Å². The SMILES string of the molecule is COc1ccc(C2Sc3ccccc3N(CCN(C)CCc3ccc(OC)c(OC)c3)C(=O)C2O)cc1. The number of thioether (sulfide) groups is 1. The van der Waals surface area contributed by atoms with Crippen molar-refractivity contribution in [1.82, 2.24) is 4.90 Å². The lowest BCUT2D eigenvalue weighted by Crippen LogP contribution is -2.44. The molecule has 0 saturated carbocycles. The molecule has 0 spiro atoms. The Bertz CT molecular complexity index is 1200. The van der Waals surface area contributed by atoms with Crippen molar-refractivity contribution in [3.05, 3.63) is 77.9 Å². The third-order valence-corrected chi connectivity index (χ3v) is 7.98. The van der Waals surface area contributed by atoms with Crippen LogP contribution in [-0.4, -0.2) is 70.0 Å². The molecule has 0 bridgehead atoms. The van der Waals surface area contributed by atoms with Crippen LogP contribution in [0.1, 0.15) is 16.4 Å². The van der Waals surface area contributed by atoms with E-state index in [0.29, 0.717) is 24.6 Å². The Morgan fingerprint density at radius 1 is 0.919 bits per heavy atom. The third kappa shape index (κ3) is 6.21. The van der Waals surface area contributed by atoms with Gasteiger partial charge in [-0.05, 0) is 61.0 Å². The summed E-state index contributed by atoms with van der Waals surface area (Å²) in [5, 5.41) is 10.8. The van der Waals surface area contributed by atoms with Crippen LogP contribution in [0.15, 0.2) is 71.6 Å². The van der Waals surface area contributed by atoms with Gasteiger partial charge in [0.15, 0.2) is 11.5 Å². The predicted molar refractivity (Wildman–Crippen MR) is 147 cm³/mol. The van der Waals surface area contributed by atoms with Gasteiger partial charge in [-0.25, -0.2) is 0 Å². The minimum absolute atomic E-state index is 0.286. The number of carbonyl (C=O) groups excluding carboxylic acids is 1. The normalized spacial score (nSPS) is 17.4. The summed E-state index contributed by atoms with van der Waals surface area (Å²) < 4.78 is 16.0. The number of para-hydroxylation sites is 1. The molecule has 3 aromatic rings. The summed E-state index contributed by atoms with van der Waals surface area (Å²) in [5.41, 5.74) is 2.87. The molecule has 0 fully saturated rings. The van der Waals surface area contributed by atoms with Crippen LogP contribution in [0.5, 0.6) is 17.2 Å². The highest BCUT2D eigenvalue weighted by Crippen LogP contribution is 2.45. The molecule has 37 heavy (non-hydrogen) atoms. The molecule has 3 aromatic carbocycles. The second-order valence-corrected chi connectivity index (χ2v) is 10.1. The van der Waals surface area contributed by atoms with Crippen molar-refractivity contribution in [1.29, 1.82) is 0 Å². The number of carbonyl (C=O) groups is 1. The smallest absolute Gasteiger partial charge is 0.257 e. The van der Waals surface area contributed by atoms with Crippen molar-refractivity contribution in [2.45, 2.75) is 22.7 Å². The number of benzene rings is 3. The van der Waals surface area contributed by atoms with E-state index in [4.69, 9.17) is 14.2 Å². The predicted octanol–water partition coefficient (Wildman–Crippen LogP) is 4.43. The molecule has 0 radical (unpaired) electrons. The number of ether oxygens (including phenoxy) is 3. The Morgan fingerprint density at radius 2 is 1.65 bits per heavy atom. The maximum atomic E-state index is 13.5. The number of aliphatic hydroxyl groups excluding tert-OH is 1. The summed E-state index contributed by atoms with van der Waals surface area (Å²) in [6, 6.07) is 21.3. The molecule has 1 heterocycles. The standard InChI is InChI=1S/C29H34N2O5S/c1-30(16-15-20-9-14-24(35-3)25(19-20)36-4)17-18-31-23-7-5-6-8-26(23)37-28(27(32)29(31)33)21-10-12-22(34-2)13-11-21/h5-14,19,27-28,32H,15-18H2,1-4H3. The number of fused-ring (bicyclic) bond motifs is 1. The van der Waals surface area contributed by atoms with Gasteiger partial charge in [0.2, 0.25) is 0 Å². The quantitative estimate of drug-likeness (QED) is 0.422. The molecule has 1 aliphatic heterocycles. The second-order valence-electron chi connectivity index (χ2n) is 8.96. The maximum Gasteiger partial charge on any atom is 0.257 e. The summed E-state index contributed by atoms with van der Waals surface area (Å²) in [5.74, 6) is 1.88. The Labute approximate surface area is 222 Å². The largest absolute Gasteiger partial charge is 0.497 e. The van der Waals surface area contributed by atoms with Gasteiger partial charge in [-0.15, -0.1) is 11.8 Å². The Hall–Kier alpha value is -3.20. The number of nitrogens with zero attached hydrogens (tertiary/aromatic N) is 2. The van der Waals surface area contributed by atoms with Crippen LogP contribution in [-0.2, 0) is 11.2 Å². The molecule has 196 valence electrons. The Kier molecular flexibility index (Phi) is 8.97. The summed E-state index contributed by atoms with van der Waals surface area (Å²) >= 11 is 1.52. The molecular weight excluding hydrogens is 488 g/mol. The lowest BCUT2D eigenvalue weighted by atomic mass is 10.1. The molecule has 1 N–H and O–H groups in total. The summed E-state index contributed by atoms with van der Waals surface area (Å²) in [6.45, 7) is 1.95. The van der Waals surface area contributed by atoms with E-state index in [9.17, 15) is 9.90 Å². The van der Waals surface area contributed by atoms with E-state index in [0.717, 1.165) is 40.4 Å². The van der Waals surface area contributed by atoms with Gasteiger partial charge in [0.25, 0.3) is 5.91 Å². The minimum Gasteiger partial charge on any atom is -0.497 e. The number of hydrogen-bond donors (Lipinski definition) is 1. The van der Waals surface area contributed by atoms with Crippen LogP contribution in [0.3, 0.4) is 0 Å². The van der Waals surface area contributed by atoms with Crippen LogP contribution >= 0.6 is 11.8 Å². The van der Waals surface area contributed by atoms with Crippen molar-refractivity contribution in [3.8, 4) is 17.2 Å². The summed E-state index contributed by atoms with van der Waals surface area (Å²) in [4.78, 5) is 18.4. The average Bonchev–Trinajstić information content (AvgIpc) is 3.04. The van der Waals surface area contributed by atoms with Gasteiger partial charge < -0.3 is 29.1 Å². The topological polar surface area (TPSA) is 71.5 Å². The van der Waals surface area contributed by atoms with Gasteiger partial charge in [-0.1, -0.05) is 30.3 Å². The van der Waals surface area contributed by atoms with Crippen molar-refractivity contribution >= 4 is 23.4 Å². The van der Waals surface area contributed by atoms with Crippen molar-refractivity contribution in [3.63, 3.8) is 0 Å². The molecule has 0 aromatic heterocycles. The number of methoxy groups -OCH3 is 3. The molecule has 1 aliphatic rings. The first-order chi connectivity index (χ1) is 17.9. The van der Waals surface area contributed by atoms with Gasteiger partial charge in [0.1, 0.15) is 11.9 Å². The fourth-order valence-electron chi connectivity index (χ4n) is 4.40. The van der Waals surface area contributed by atoms with E-state index in [1.165, 1.54) is 11.8 Å². The first-order valence-electron chi connectivity index (χ1n) is 12.2. The van der Waals surface area contributed by atoms with Crippen LogP contribution in [0.25, 0.3) is 0 Å². The number of hydrogen-bond acceptors (Lipinski definition) is 7. The Morgan fingerprint density at radius 3 is 2.35 bits per heavy atom. The molecule has 0 aliphatic carbocycles. The fraction of sp³-hybridized carbons (Fsp3) is 0.345. The molecule has 7 nitrogen and oxygen atoms in total. The number of likely N-dealkylation sites (N-methyl/N-ethyl adjacent to an activating group) is 1. The zero-order valence-electron chi connectivity index (χ0n) is 21.7. The van der Waals surface area contributed by atoms with Gasteiger partial charge in [-0.2, -0.15) is 0 Å². The lowest BCUT2D eigenvalue weighted by molar-refractivity contribution is -0.126. The molecular formula is C29H34N2O5S.